The van der Waals surface area contributed by atoms with Crippen LogP contribution in [-0.2, 0) is 0 Å². The van der Waals surface area contributed by atoms with Crippen molar-refractivity contribution < 1.29 is 9.13 Å². The molecule has 1 saturated heterocycles. The standard InChI is InChI=1S/C26H29FN2O/c1-18(29-24-9-6-16-28-26(24)20-7-4-3-5-8-20)23-17-21(12-15-25(23)30-2)19-10-13-22(27)14-11-19/h3-5,7-8,10-15,17-18,24,26,28-29H,6,9,16H2,1-2H3. The van der Waals surface area contributed by atoms with Crippen molar-refractivity contribution in [3.8, 4) is 16.9 Å². The van der Waals surface area contributed by atoms with Crippen molar-refractivity contribution >= 4 is 0 Å². The summed E-state index contributed by atoms with van der Waals surface area (Å²) in [5.41, 5.74) is 4.47. The number of piperidine rings is 1. The normalized spacial score (nSPS) is 20.0. The molecule has 0 aliphatic carbocycles. The maximum absolute atomic E-state index is 13.3. The summed E-state index contributed by atoms with van der Waals surface area (Å²) in [4.78, 5) is 0. The fraction of sp³-hybridized carbons (Fsp3) is 0.308. The van der Waals surface area contributed by atoms with E-state index in [9.17, 15) is 4.39 Å². The Kier molecular flexibility index (Phi) is 6.46. The highest BCUT2D eigenvalue weighted by Gasteiger charge is 2.28. The SMILES string of the molecule is COc1ccc(-c2ccc(F)cc2)cc1C(C)NC1CCCNC1c1ccccc1. The summed E-state index contributed by atoms with van der Waals surface area (Å²) < 4.78 is 19.0. The van der Waals surface area contributed by atoms with E-state index in [-0.39, 0.29) is 17.9 Å². The lowest BCUT2D eigenvalue weighted by atomic mass is 9.90. The molecular weight excluding hydrogens is 375 g/mol. The summed E-state index contributed by atoms with van der Waals surface area (Å²) in [5, 5.41) is 7.53. The Hall–Kier alpha value is -2.69. The number of methoxy groups -OCH3 is 1. The van der Waals surface area contributed by atoms with Gasteiger partial charge >= 0.3 is 0 Å². The summed E-state index contributed by atoms with van der Waals surface area (Å²) in [6.45, 7) is 3.22. The maximum Gasteiger partial charge on any atom is 0.123 e. The Morgan fingerprint density at radius 1 is 1.00 bits per heavy atom. The van der Waals surface area contributed by atoms with E-state index < -0.39 is 0 Å². The van der Waals surface area contributed by atoms with Gasteiger partial charge in [-0.3, -0.25) is 0 Å². The molecule has 0 amide bonds. The lowest BCUT2D eigenvalue weighted by Crippen LogP contribution is -2.46. The molecule has 3 aromatic rings. The number of nitrogens with one attached hydrogen (secondary N) is 2. The highest BCUT2D eigenvalue weighted by molar-refractivity contribution is 5.66. The third kappa shape index (κ3) is 4.55. The third-order valence-corrected chi connectivity index (χ3v) is 5.96. The van der Waals surface area contributed by atoms with Gasteiger partial charge in [0.15, 0.2) is 0 Å². The van der Waals surface area contributed by atoms with E-state index in [0.29, 0.717) is 6.04 Å². The van der Waals surface area contributed by atoms with Crippen LogP contribution in [0, 0.1) is 5.82 Å². The lowest BCUT2D eigenvalue weighted by molar-refractivity contribution is 0.284. The van der Waals surface area contributed by atoms with Gasteiger partial charge in [0.2, 0.25) is 0 Å². The van der Waals surface area contributed by atoms with Gasteiger partial charge in [0.1, 0.15) is 11.6 Å². The van der Waals surface area contributed by atoms with E-state index >= 15 is 0 Å². The quantitative estimate of drug-likeness (QED) is 0.557. The van der Waals surface area contributed by atoms with Crippen LogP contribution in [0.25, 0.3) is 11.1 Å². The van der Waals surface area contributed by atoms with Gasteiger partial charge in [-0.15, -0.1) is 0 Å². The molecule has 4 rings (SSSR count). The highest BCUT2D eigenvalue weighted by Crippen LogP contribution is 2.33. The number of halogens is 1. The lowest BCUT2D eigenvalue weighted by Gasteiger charge is -2.36. The van der Waals surface area contributed by atoms with Crippen LogP contribution >= 0.6 is 0 Å². The van der Waals surface area contributed by atoms with Crippen LogP contribution in [0.1, 0.15) is 43.0 Å². The van der Waals surface area contributed by atoms with Crippen LogP contribution in [-0.4, -0.2) is 19.7 Å². The summed E-state index contributed by atoms with van der Waals surface area (Å²) in [7, 11) is 1.71. The fourth-order valence-corrected chi connectivity index (χ4v) is 4.38. The van der Waals surface area contributed by atoms with E-state index in [1.807, 2.05) is 24.3 Å². The molecule has 3 atom stereocenters. The molecule has 1 aliphatic heterocycles. The first kappa shape index (κ1) is 20.6. The zero-order valence-electron chi connectivity index (χ0n) is 17.6. The number of ether oxygens (including phenoxy) is 1. The Labute approximate surface area is 178 Å². The second kappa shape index (κ2) is 9.41. The van der Waals surface area contributed by atoms with Gasteiger partial charge in [-0.25, -0.2) is 4.39 Å². The third-order valence-electron chi connectivity index (χ3n) is 5.96. The highest BCUT2D eigenvalue weighted by atomic mass is 19.1. The predicted octanol–water partition coefficient (Wildman–Crippen LogP) is 5.65. The van der Waals surface area contributed by atoms with E-state index in [1.165, 1.54) is 17.7 Å². The number of rotatable bonds is 6. The molecule has 3 nitrogen and oxygen atoms in total. The van der Waals surface area contributed by atoms with Gasteiger partial charge in [0.05, 0.1) is 7.11 Å². The van der Waals surface area contributed by atoms with Crippen molar-refractivity contribution in [2.75, 3.05) is 13.7 Å². The molecule has 0 spiro atoms. The Morgan fingerprint density at radius 2 is 1.73 bits per heavy atom. The average molecular weight is 405 g/mol. The van der Waals surface area contributed by atoms with Gasteiger partial charge in [0.25, 0.3) is 0 Å². The minimum absolute atomic E-state index is 0.108. The zero-order chi connectivity index (χ0) is 20.9. The smallest absolute Gasteiger partial charge is 0.123 e. The maximum atomic E-state index is 13.3. The van der Waals surface area contributed by atoms with E-state index in [1.54, 1.807) is 7.11 Å². The fourth-order valence-electron chi connectivity index (χ4n) is 4.38. The monoisotopic (exact) mass is 404 g/mol. The van der Waals surface area contributed by atoms with Crippen molar-refractivity contribution in [2.45, 2.75) is 37.9 Å². The van der Waals surface area contributed by atoms with E-state index in [2.05, 4.69) is 54.0 Å². The number of benzene rings is 3. The molecular formula is C26H29FN2O. The molecule has 156 valence electrons. The molecule has 2 N–H and O–H groups in total. The van der Waals surface area contributed by atoms with Crippen molar-refractivity contribution in [2.24, 2.45) is 0 Å². The first-order valence-corrected chi connectivity index (χ1v) is 10.6. The average Bonchev–Trinajstić information content (AvgIpc) is 2.80. The molecule has 1 heterocycles. The molecule has 3 aromatic carbocycles. The van der Waals surface area contributed by atoms with E-state index in [4.69, 9.17) is 4.74 Å². The summed E-state index contributed by atoms with van der Waals surface area (Å²) in [6.07, 6.45) is 2.28. The van der Waals surface area contributed by atoms with Crippen molar-refractivity contribution in [1.29, 1.82) is 0 Å². The molecule has 0 saturated carbocycles. The molecule has 3 unspecified atom stereocenters. The molecule has 1 fully saturated rings. The summed E-state index contributed by atoms with van der Waals surface area (Å²) in [5.74, 6) is 0.639. The molecule has 0 bridgehead atoms. The van der Waals surface area contributed by atoms with Crippen molar-refractivity contribution in [1.82, 2.24) is 10.6 Å². The molecule has 0 radical (unpaired) electrons. The second-order valence-electron chi connectivity index (χ2n) is 7.94. The van der Waals surface area contributed by atoms with Crippen LogP contribution in [0.4, 0.5) is 4.39 Å². The van der Waals surface area contributed by atoms with Gasteiger partial charge in [0, 0.05) is 23.7 Å². The molecule has 0 aromatic heterocycles. The van der Waals surface area contributed by atoms with Crippen molar-refractivity contribution in [3.05, 3.63) is 89.7 Å². The first-order chi connectivity index (χ1) is 14.7. The van der Waals surface area contributed by atoms with Gasteiger partial charge in [-0.1, -0.05) is 48.5 Å². The van der Waals surface area contributed by atoms with Crippen LogP contribution < -0.4 is 15.4 Å². The molecule has 1 aliphatic rings. The number of hydrogen-bond acceptors (Lipinski definition) is 3. The topological polar surface area (TPSA) is 33.3 Å². The van der Waals surface area contributed by atoms with Gasteiger partial charge in [-0.2, -0.15) is 0 Å². The summed E-state index contributed by atoms with van der Waals surface area (Å²) >= 11 is 0. The Morgan fingerprint density at radius 3 is 2.47 bits per heavy atom. The Bertz CT molecular complexity index is 959. The van der Waals surface area contributed by atoms with Gasteiger partial charge in [-0.05, 0) is 67.3 Å². The zero-order valence-corrected chi connectivity index (χ0v) is 17.6. The summed E-state index contributed by atoms with van der Waals surface area (Å²) in [6, 6.07) is 24.2. The first-order valence-electron chi connectivity index (χ1n) is 10.6. The second-order valence-corrected chi connectivity index (χ2v) is 7.94. The van der Waals surface area contributed by atoms with Gasteiger partial charge < -0.3 is 15.4 Å². The number of hydrogen-bond donors (Lipinski definition) is 2. The Balaban J connectivity index is 1.59. The minimum atomic E-state index is -0.223. The largest absolute Gasteiger partial charge is 0.496 e. The van der Waals surface area contributed by atoms with Crippen molar-refractivity contribution in [3.63, 3.8) is 0 Å². The molecule has 4 heteroatoms. The van der Waals surface area contributed by atoms with Crippen LogP contribution in [0.2, 0.25) is 0 Å². The van der Waals surface area contributed by atoms with E-state index in [0.717, 1.165) is 41.8 Å². The van der Waals surface area contributed by atoms with Crippen LogP contribution in [0.5, 0.6) is 5.75 Å². The van der Waals surface area contributed by atoms with Crippen LogP contribution in [0.15, 0.2) is 72.8 Å². The molecule has 30 heavy (non-hydrogen) atoms. The minimum Gasteiger partial charge on any atom is -0.496 e. The van der Waals surface area contributed by atoms with Crippen LogP contribution in [0.3, 0.4) is 0 Å². The predicted molar refractivity (Wildman–Crippen MR) is 120 cm³/mol.